The smallest absolute Gasteiger partial charge is 0.333 e. The van der Waals surface area contributed by atoms with E-state index < -0.39 is 11.6 Å². The van der Waals surface area contributed by atoms with E-state index >= 15 is 0 Å². The van der Waals surface area contributed by atoms with Gasteiger partial charge in [-0.3, -0.25) is 0 Å². The highest BCUT2D eigenvalue weighted by Gasteiger charge is 2.33. The first kappa shape index (κ1) is 15.3. The first-order chi connectivity index (χ1) is 9.93. The molecule has 21 heavy (non-hydrogen) atoms. The summed E-state index contributed by atoms with van der Waals surface area (Å²) in [6.07, 6.45) is 4.40. The second-order valence-electron chi connectivity index (χ2n) is 4.99. The Morgan fingerprint density at radius 3 is 3.05 bits per heavy atom. The van der Waals surface area contributed by atoms with Crippen molar-refractivity contribution in [2.24, 2.45) is 5.16 Å². The van der Waals surface area contributed by atoms with Crippen LogP contribution in [0.2, 0.25) is 5.15 Å². The average molecular weight is 311 g/mol. The lowest BCUT2D eigenvalue weighted by Crippen LogP contribution is -2.36. The molecule has 0 unspecified atom stereocenters. The van der Waals surface area contributed by atoms with Gasteiger partial charge in [-0.1, -0.05) is 16.8 Å². The molecule has 0 amide bonds. The summed E-state index contributed by atoms with van der Waals surface area (Å²) in [5.74, 6) is -0.0372. The topological polar surface area (TPSA) is 70.0 Å². The van der Waals surface area contributed by atoms with Crippen LogP contribution in [0.25, 0.3) is 0 Å². The average Bonchev–Trinajstić information content (AvgIpc) is 2.43. The Balaban J connectivity index is 2.26. The van der Waals surface area contributed by atoms with E-state index in [1.807, 2.05) is 13.8 Å². The minimum absolute atomic E-state index is 0.276. The third-order valence-corrected chi connectivity index (χ3v) is 3.04. The second-order valence-corrected chi connectivity index (χ2v) is 5.34. The Morgan fingerprint density at radius 1 is 1.57 bits per heavy atom. The van der Waals surface area contributed by atoms with Crippen LogP contribution in [-0.2, 0) is 14.4 Å². The summed E-state index contributed by atoms with van der Waals surface area (Å²) >= 11 is 6.05. The summed E-state index contributed by atoms with van der Waals surface area (Å²) in [6.45, 7) is 3.83. The van der Waals surface area contributed by atoms with Crippen molar-refractivity contribution in [2.75, 3.05) is 7.11 Å². The predicted molar refractivity (Wildman–Crippen MR) is 77.3 cm³/mol. The van der Waals surface area contributed by atoms with E-state index in [4.69, 9.17) is 21.2 Å². The molecular weight excluding hydrogens is 296 g/mol. The summed E-state index contributed by atoms with van der Waals surface area (Å²) < 4.78 is 10.3. The van der Waals surface area contributed by atoms with Crippen LogP contribution in [0.1, 0.15) is 25.8 Å². The third-order valence-electron chi connectivity index (χ3n) is 2.77. The zero-order chi connectivity index (χ0) is 15.5. The van der Waals surface area contributed by atoms with Crippen molar-refractivity contribution >= 4 is 23.3 Å². The zero-order valence-electron chi connectivity index (χ0n) is 11.9. The lowest BCUT2D eigenvalue weighted by atomic mass is 9.93. The molecule has 2 heterocycles. The van der Waals surface area contributed by atoms with Gasteiger partial charge in [0.25, 0.3) is 0 Å². The van der Waals surface area contributed by atoms with Crippen LogP contribution in [0.4, 0.5) is 0 Å². The monoisotopic (exact) mass is 310 g/mol. The number of methoxy groups -OCH3 is 1. The van der Waals surface area contributed by atoms with Crippen LogP contribution >= 0.6 is 11.6 Å². The molecule has 0 fully saturated rings. The maximum atomic E-state index is 10.9. The van der Waals surface area contributed by atoms with Gasteiger partial charge in [-0.2, -0.15) is 0 Å². The van der Waals surface area contributed by atoms with E-state index in [1.54, 1.807) is 12.3 Å². The Hall–Kier alpha value is -2.08. The highest BCUT2D eigenvalue weighted by atomic mass is 35.5. The molecule has 0 aliphatic carbocycles. The van der Waals surface area contributed by atoms with Gasteiger partial charge in [-0.15, -0.1) is 0 Å². The number of fused-ring (bicyclic) bond motifs is 1. The van der Waals surface area contributed by atoms with Crippen LogP contribution in [0, 0.1) is 0 Å². The second kappa shape index (κ2) is 6.13. The first-order valence-electron chi connectivity index (χ1n) is 6.24. The molecule has 0 atom stereocenters. The fourth-order valence-corrected chi connectivity index (χ4v) is 2.08. The molecular formula is C14H15ClN2O4. The van der Waals surface area contributed by atoms with Gasteiger partial charge in [0.1, 0.15) is 11.9 Å². The largest absolute Gasteiger partial charge is 0.484 e. The lowest BCUT2D eigenvalue weighted by Gasteiger charge is -2.33. The molecule has 2 rings (SSSR count). The number of esters is 1. The van der Waals surface area contributed by atoms with Crippen molar-refractivity contribution in [1.82, 2.24) is 4.98 Å². The summed E-state index contributed by atoms with van der Waals surface area (Å²) in [4.78, 5) is 19.9. The standard InChI is InChI=1S/C14H15ClN2O4/c1-14(2)8-10(17-20-7-5-11(18)19-3)9-4-6-16-13(15)12(9)21-14/h4-7H,8H2,1-3H3/b7-5+,17-10+. The Kier molecular flexibility index (Phi) is 4.47. The van der Waals surface area contributed by atoms with Crippen molar-refractivity contribution < 1.29 is 19.1 Å². The number of halogens is 1. The number of hydrogen-bond donors (Lipinski definition) is 0. The maximum absolute atomic E-state index is 10.9. The highest BCUT2D eigenvalue weighted by Crippen LogP contribution is 2.37. The molecule has 6 nitrogen and oxygen atoms in total. The van der Waals surface area contributed by atoms with E-state index in [-0.39, 0.29) is 5.15 Å². The van der Waals surface area contributed by atoms with Crippen LogP contribution in [0.3, 0.4) is 0 Å². The number of ether oxygens (including phenoxy) is 2. The molecule has 112 valence electrons. The van der Waals surface area contributed by atoms with Crippen molar-refractivity contribution in [2.45, 2.75) is 25.9 Å². The number of rotatable bonds is 3. The van der Waals surface area contributed by atoms with E-state index in [0.29, 0.717) is 17.9 Å². The quantitative estimate of drug-likeness (QED) is 0.282. The molecule has 1 aliphatic rings. The number of carbonyl (C=O) groups is 1. The molecule has 0 radical (unpaired) electrons. The molecule has 0 aromatic carbocycles. The van der Waals surface area contributed by atoms with E-state index in [0.717, 1.165) is 17.9 Å². The molecule has 0 saturated carbocycles. The van der Waals surface area contributed by atoms with Gasteiger partial charge in [0.05, 0.1) is 18.9 Å². The Labute approximate surface area is 127 Å². The summed E-state index contributed by atoms with van der Waals surface area (Å²) in [7, 11) is 1.28. The number of pyridine rings is 1. The number of hydrogen-bond acceptors (Lipinski definition) is 6. The fraction of sp³-hybridized carbons (Fsp3) is 0.357. The van der Waals surface area contributed by atoms with E-state index in [1.165, 1.54) is 7.11 Å². The minimum atomic E-state index is -0.518. The van der Waals surface area contributed by atoms with Crippen molar-refractivity contribution in [1.29, 1.82) is 0 Å². The summed E-state index contributed by atoms with van der Waals surface area (Å²) in [6, 6.07) is 1.75. The van der Waals surface area contributed by atoms with Gasteiger partial charge in [0.15, 0.2) is 10.9 Å². The molecule has 1 aliphatic heterocycles. The predicted octanol–water partition coefficient (Wildman–Crippen LogP) is 2.70. The summed E-state index contributed by atoms with van der Waals surface area (Å²) in [5.41, 5.74) is 0.911. The van der Waals surface area contributed by atoms with Crippen molar-refractivity contribution in [3.8, 4) is 5.75 Å². The maximum Gasteiger partial charge on any atom is 0.333 e. The Bertz CT molecular complexity index is 611. The molecule has 0 saturated heterocycles. The molecule has 1 aromatic rings. The number of oxime groups is 1. The molecule has 0 N–H and O–H groups in total. The van der Waals surface area contributed by atoms with Gasteiger partial charge in [-0.05, 0) is 19.9 Å². The SMILES string of the molecule is COC(=O)/C=C/O/N=C1\CC(C)(C)Oc2c1ccnc2Cl. The van der Waals surface area contributed by atoms with Gasteiger partial charge in [-0.25, -0.2) is 9.78 Å². The number of nitrogens with zero attached hydrogens (tertiary/aromatic N) is 2. The van der Waals surface area contributed by atoms with Crippen LogP contribution in [-0.4, -0.2) is 29.4 Å². The fourth-order valence-electron chi connectivity index (χ4n) is 1.89. The van der Waals surface area contributed by atoms with Gasteiger partial charge in [0, 0.05) is 18.2 Å². The molecule has 7 heteroatoms. The van der Waals surface area contributed by atoms with Crippen LogP contribution < -0.4 is 4.74 Å². The lowest BCUT2D eigenvalue weighted by molar-refractivity contribution is -0.135. The van der Waals surface area contributed by atoms with Crippen LogP contribution in [0.15, 0.2) is 29.8 Å². The first-order valence-corrected chi connectivity index (χ1v) is 6.62. The normalized spacial score (nSPS) is 18.2. The highest BCUT2D eigenvalue weighted by molar-refractivity contribution is 6.31. The number of aromatic nitrogens is 1. The van der Waals surface area contributed by atoms with E-state index in [2.05, 4.69) is 14.9 Å². The summed E-state index contributed by atoms with van der Waals surface area (Å²) in [5, 5.41) is 4.30. The zero-order valence-corrected chi connectivity index (χ0v) is 12.7. The van der Waals surface area contributed by atoms with Gasteiger partial charge in [0.2, 0.25) is 0 Å². The minimum Gasteiger partial charge on any atom is -0.484 e. The molecule has 0 bridgehead atoms. The molecule has 1 aromatic heterocycles. The van der Waals surface area contributed by atoms with Gasteiger partial charge < -0.3 is 14.3 Å². The van der Waals surface area contributed by atoms with Crippen molar-refractivity contribution in [3.63, 3.8) is 0 Å². The van der Waals surface area contributed by atoms with Gasteiger partial charge >= 0.3 is 5.97 Å². The Morgan fingerprint density at radius 2 is 2.33 bits per heavy atom. The van der Waals surface area contributed by atoms with Crippen LogP contribution in [0.5, 0.6) is 5.75 Å². The number of carbonyl (C=O) groups excluding carboxylic acids is 1. The van der Waals surface area contributed by atoms with Crippen molar-refractivity contribution in [3.05, 3.63) is 35.3 Å². The van der Waals surface area contributed by atoms with E-state index in [9.17, 15) is 4.79 Å². The third kappa shape index (κ3) is 3.72. The molecule has 0 spiro atoms.